The summed E-state index contributed by atoms with van der Waals surface area (Å²) in [5.74, 6) is -0.0572. The van der Waals surface area contributed by atoms with Gasteiger partial charge in [0.2, 0.25) is 5.91 Å². The van der Waals surface area contributed by atoms with E-state index in [1.807, 2.05) is 6.92 Å². The third kappa shape index (κ3) is 10.3. The van der Waals surface area contributed by atoms with Gasteiger partial charge in [-0.1, -0.05) is 27.7 Å². The maximum Gasteiger partial charge on any atom is 0.234 e. The summed E-state index contributed by atoms with van der Waals surface area (Å²) in [6.45, 7) is 11.0. The zero-order valence-electron chi connectivity index (χ0n) is 11.8. The molecule has 0 spiro atoms. The number of aliphatic hydroxyl groups is 1. The highest BCUT2D eigenvalue weighted by atomic mass is 16.3. The highest BCUT2D eigenvalue weighted by molar-refractivity contribution is 5.78. The standard InChI is InChI=1S/C13H28N2O2/c1-6-10(2)14-9-12(17)15-8-11(16)7-13(3,4)5/h10-11,14,16H,6-9H2,1-5H3,(H,15,17). The summed E-state index contributed by atoms with van der Waals surface area (Å²) in [6.07, 6.45) is 1.22. The number of aliphatic hydroxyl groups excluding tert-OH is 1. The molecule has 0 radical (unpaired) electrons. The van der Waals surface area contributed by atoms with Crippen molar-refractivity contribution in [2.24, 2.45) is 5.41 Å². The fourth-order valence-electron chi connectivity index (χ4n) is 1.48. The quantitative estimate of drug-likeness (QED) is 0.632. The van der Waals surface area contributed by atoms with Crippen molar-refractivity contribution in [3.8, 4) is 0 Å². The predicted octanol–water partition coefficient (Wildman–Crippen LogP) is 1.29. The van der Waals surface area contributed by atoms with Gasteiger partial charge in [-0.05, 0) is 25.2 Å². The van der Waals surface area contributed by atoms with E-state index >= 15 is 0 Å². The molecule has 4 heteroatoms. The van der Waals surface area contributed by atoms with E-state index < -0.39 is 6.10 Å². The van der Waals surface area contributed by atoms with Crippen LogP contribution in [0.15, 0.2) is 0 Å². The van der Waals surface area contributed by atoms with Crippen molar-refractivity contribution in [1.29, 1.82) is 0 Å². The Morgan fingerprint density at radius 1 is 1.35 bits per heavy atom. The Labute approximate surface area is 105 Å². The van der Waals surface area contributed by atoms with E-state index in [1.165, 1.54) is 0 Å². The number of rotatable bonds is 7. The molecule has 0 aliphatic heterocycles. The number of hydrogen-bond donors (Lipinski definition) is 3. The van der Waals surface area contributed by atoms with E-state index in [1.54, 1.807) is 0 Å². The average molecular weight is 244 g/mol. The molecular weight excluding hydrogens is 216 g/mol. The molecule has 1 amide bonds. The molecule has 2 unspecified atom stereocenters. The Morgan fingerprint density at radius 3 is 2.41 bits per heavy atom. The summed E-state index contributed by atoms with van der Waals surface area (Å²) in [4.78, 5) is 11.4. The molecular formula is C13H28N2O2. The molecule has 0 saturated carbocycles. The molecule has 2 atom stereocenters. The summed E-state index contributed by atoms with van der Waals surface area (Å²) < 4.78 is 0. The fourth-order valence-corrected chi connectivity index (χ4v) is 1.48. The van der Waals surface area contributed by atoms with Gasteiger partial charge in [0.05, 0.1) is 12.6 Å². The Morgan fingerprint density at radius 2 is 1.94 bits per heavy atom. The molecule has 3 N–H and O–H groups in total. The van der Waals surface area contributed by atoms with Gasteiger partial charge < -0.3 is 15.7 Å². The Kier molecular flexibility index (Phi) is 7.39. The first-order valence-corrected chi connectivity index (χ1v) is 6.42. The van der Waals surface area contributed by atoms with Crippen LogP contribution in [-0.4, -0.2) is 36.2 Å². The highest BCUT2D eigenvalue weighted by Gasteiger charge is 2.17. The van der Waals surface area contributed by atoms with Crippen molar-refractivity contribution in [1.82, 2.24) is 10.6 Å². The van der Waals surface area contributed by atoms with Gasteiger partial charge in [-0.15, -0.1) is 0 Å². The van der Waals surface area contributed by atoms with Crippen molar-refractivity contribution in [3.63, 3.8) is 0 Å². The molecule has 4 nitrogen and oxygen atoms in total. The molecule has 0 fully saturated rings. The second-order valence-electron chi connectivity index (χ2n) is 5.91. The van der Waals surface area contributed by atoms with Crippen LogP contribution in [-0.2, 0) is 4.79 Å². The average Bonchev–Trinajstić information content (AvgIpc) is 2.20. The molecule has 0 aromatic rings. The normalized spacial score (nSPS) is 15.4. The molecule has 0 heterocycles. The Balaban J connectivity index is 3.70. The lowest BCUT2D eigenvalue weighted by Gasteiger charge is -2.22. The third-order valence-corrected chi connectivity index (χ3v) is 2.61. The van der Waals surface area contributed by atoms with Crippen LogP contribution in [0.2, 0.25) is 0 Å². The first kappa shape index (κ1) is 16.4. The lowest BCUT2D eigenvalue weighted by atomic mass is 9.89. The van der Waals surface area contributed by atoms with E-state index in [0.29, 0.717) is 25.6 Å². The number of carbonyl (C=O) groups excluding carboxylic acids is 1. The summed E-state index contributed by atoms with van der Waals surface area (Å²) in [5.41, 5.74) is 0.0825. The maximum absolute atomic E-state index is 11.4. The zero-order chi connectivity index (χ0) is 13.5. The topological polar surface area (TPSA) is 61.4 Å². The number of nitrogens with one attached hydrogen (secondary N) is 2. The van der Waals surface area contributed by atoms with Gasteiger partial charge in [0.15, 0.2) is 0 Å². The smallest absolute Gasteiger partial charge is 0.234 e. The van der Waals surface area contributed by atoms with Crippen LogP contribution >= 0.6 is 0 Å². The van der Waals surface area contributed by atoms with E-state index in [2.05, 4.69) is 38.3 Å². The van der Waals surface area contributed by atoms with Crippen molar-refractivity contribution < 1.29 is 9.90 Å². The summed E-state index contributed by atoms with van der Waals surface area (Å²) in [5, 5.41) is 15.6. The van der Waals surface area contributed by atoms with Crippen LogP contribution in [0, 0.1) is 5.41 Å². The minimum atomic E-state index is -0.470. The first-order chi connectivity index (χ1) is 7.74. The molecule has 0 aliphatic rings. The Hall–Kier alpha value is -0.610. The van der Waals surface area contributed by atoms with E-state index in [9.17, 15) is 9.90 Å². The second kappa shape index (κ2) is 7.67. The Bertz CT molecular complexity index is 224. The van der Waals surface area contributed by atoms with Gasteiger partial charge in [0.1, 0.15) is 0 Å². The largest absolute Gasteiger partial charge is 0.391 e. The summed E-state index contributed by atoms with van der Waals surface area (Å²) in [6, 6.07) is 0.347. The van der Waals surface area contributed by atoms with Crippen molar-refractivity contribution >= 4 is 5.91 Å². The monoisotopic (exact) mass is 244 g/mol. The number of carbonyl (C=O) groups is 1. The lowest BCUT2D eigenvalue weighted by molar-refractivity contribution is -0.120. The van der Waals surface area contributed by atoms with Crippen molar-refractivity contribution in [2.45, 2.75) is 59.6 Å². The molecule has 0 saturated heterocycles. The molecule has 0 aromatic heterocycles. The molecule has 0 aromatic carbocycles. The van der Waals surface area contributed by atoms with Crippen LogP contribution < -0.4 is 10.6 Å². The van der Waals surface area contributed by atoms with Crippen molar-refractivity contribution in [3.05, 3.63) is 0 Å². The molecule has 102 valence electrons. The SMILES string of the molecule is CCC(C)NCC(=O)NCC(O)CC(C)(C)C. The van der Waals surface area contributed by atoms with Crippen LogP contribution in [0.4, 0.5) is 0 Å². The van der Waals surface area contributed by atoms with Gasteiger partial charge in [0.25, 0.3) is 0 Å². The molecule has 17 heavy (non-hydrogen) atoms. The molecule has 0 aliphatic carbocycles. The van der Waals surface area contributed by atoms with Crippen molar-refractivity contribution in [2.75, 3.05) is 13.1 Å². The molecule has 0 rings (SSSR count). The molecule has 0 bridgehead atoms. The zero-order valence-corrected chi connectivity index (χ0v) is 11.8. The number of hydrogen-bond acceptors (Lipinski definition) is 3. The van der Waals surface area contributed by atoms with Gasteiger partial charge in [-0.2, -0.15) is 0 Å². The second-order valence-corrected chi connectivity index (χ2v) is 5.91. The highest BCUT2D eigenvalue weighted by Crippen LogP contribution is 2.20. The van der Waals surface area contributed by atoms with Gasteiger partial charge >= 0.3 is 0 Å². The van der Waals surface area contributed by atoms with Crippen LogP contribution in [0.1, 0.15) is 47.5 Å². The first-order valence-electron chi connectivity index (χ1n) is 6.42. The van der Waals surface area contributed by atoms with Crippen LogP contribution in [0.25, 0.3) is 0 Å². The van der Waals surface area contributed by atoms with Crippen LogP contribution in [0.3, 0.4) is 0 Å². The van der Waals surface area contributed by atoms with Gasteiger partial charge in [0, 0.05) is 12.6 Å². The number of amides is 1. The predicted molar refractivity (Wildman–Crippen MR) is 70.8 cm³/mol. The fraction of sp³-hybridized carbons (Fsp3) is 0.923. The van der Waals surface area contributed by atoms with E-state index in [0.717, 1.165) is 6.42 Å². The van der Waals surface area contributed by atoms with Gasteiger partial charge in [-0.25, -0.2) is 0 Å². The maximum atomic E-state index is 11.4. The van der Waals surface area contributed by atoms with Gasteiger partial charge in [-0.3, -0.25) is 4.79 Å². The third-order valence-electron chi connectivity index (χ3n) is 2.61. The van der Waals surface area contributed by atoms with E-state index in [-0.39, 0.29) is 11.3 Å². The van der Waals surface area contributed by atoms with Crippen LogP contribution in [0.5, 0.6) is 0 Å². The van der Waals surface area contributed by atoms with E-state index in [4.69, 9.17) is 0 Å². The minimum absolute atomic E-state index is 0.0572. The summed E-state index contributed by atoms with van der Waals surface area (Å²) >= 11 is 0. The summed E-state index contributed by atoms with van der Waals surface area (Å²) in [7, 11) is 0. The lowest BCUT2D eigenvalue weighted by Crippen LogP contribution is -2.41. The minimum Gasteiger partial charge on any atom is -0.391 e.